The summed E-state index contributed by atoms with van der Waals surface area (Å²) in [5.41, 5.74) is 1.66. The maximum absolute atomic E-state index is 12.5. The molecule has 1 N–H and O–H groups in total. The summed E-state index contributed by atoms with van der Waals surface area (Å²) in [6.07, 6.45) is 1.97. The number of para-hydroxylation sites is 2. The number of rotatable bonds is 6. The number of anilines is 1. The van der Waals surface area contributed by atoms with Crippen molar-refractivity contribution < 1.29 is 9.72 Å². The second-order valence-corrected chi connectivity index (χ2v) is 7.63. The Labute approximate surface area is 173 Å². The van der Waals surface area contributed by atoms with E-state index in [1.165, 1.54) is 6.07 Å². The van der Waals surface area contributed by atoms with E-state index in [1.54, 1.807) is 30.3 Å². The number of carbonyl (C=O) groups is 1. The normalized spacial score (nSPS) is 14.7. The number of nitro benzene ring substituents is 1. The van der Waals surface area contributed by atoms with E-state index in [9.17, 15) is 14.9 Å². The van der Waals surface area contributed by atoms with E-state index in [2.05, 4.69) is 5.32 Å². The number of hydrogen-bond acceptors (Lipinski definition) is 4. The monoisotopic (exact) mass is 421 g/mol. The van der Waals surface area contributed by atoms with Crippen LogP contribution in [0.5, 0.6) is 0 Å². The molecule has 3 rings (SSSR count). The van der Waals surface area contributed by atoms with Crippen LogP contribution < -0.4 is 10.2 Å². The fourth-order valence-corrected chi connectivity index (χ4v) is 3.96. The second-order valence-electron chi connectivity index (χ2n) is 6.78. The van der Waals surface area contributed by atoms with Crippen molar-refractivity contribution in [2.75, 3.05) is 24.5 Å². The topological polar surface area (TPSA) is 75.5 Å². The average molecular weight is 422 g/mol. The maximum Gasteiger partial charge on any atom is 0.292 e. The van der Waals surface area contributed by atoms with Gasteiger partial charge in [-0.1, -0.05) is 41.4 Å². The number of amides is 1. The highest BCUT2D eigenvalue weighted by molar-refractivity contribution is 6.35. The highest BCUT2D eigenvalue weighted by Gasteiger charge is 2.27. The molecule has 0 unspecified atom stereocenters. The first-order chi connectivity index (χ1) is 13.5. The molecule has 2 aromatic carbocycles. The molecule has 6 nitrogen and oxygen atoms in total. The largest absolute Gasteiger partial charge is 0.366 e. The molecular weight excluding hydrogens is 401 g/mol. The number of carbonyl (C=O) groups excluding carboxylic acids is 1. The minimum absolute atomic E-state index is 0.0206. The number of hydrogen-bond donors (Lipinski definition) is 1. The van der Waals surface area contributed by atoms with Gasteiger partial charge >= 0.3 is 0 Å². The van der Waals surface area contributed by atoms with Crippen LogP contribution in [0.3, 0.4) is 0 Å². The lowest BCUT2D eigenvalue weighted by Crippen LogP contribution is -2.41. The van der Waals surface area contributed by atoms with Gasteiger partial charge in [0.05, 0.1) is 4.92 Å². The summed E-state index contributed by atoms with van der Waals surface area (Å²) in [4.78, 5) is 25.3. The first-order valence-corrected chi connectivity index (χ1v) is 9.91. The Bertz CT molecular complexity index is 868. The van der Waals surface area contributed by atoms with Gasteiger partial charge in [-0.3, -0.25) is 14.9 Å². The lowest BCUT2D eigenvalue weighted by molar-refractivity contribution is -0.384. The predicted octanol–water partition coefficient (Wildman–Crippen LogP) is 4.48. The number of nitrogens with one attached hydrogen (secondary N) is 1. The van der Waals surface area contributed by atoms with Gasteiger partial charge < -0.3 is 10.2 Å². The van der Waals surface area contributed by atoms with Gasteiger partial charge in [0.25, 0.3) is 5.69 Å². The van der Waals surface area contributed by atoms with Gasteiger partial charge in [-0.05, 0) is 43.0 Å². The van der Waals surface area contributed by atoms with Crippen molar-refractivity contribution in [2.45, 2.75) is 19.3 Å². The van der Waals surface area contributed by atoms with E-state index in [-0.39, 0.29) is 22.4 Å². The van der Waals surface area contributed by atoms with E-state index in [0.717, 1.165) is 5.56 Å². The molecule has 0 spiro atoms. The molecule has 0 radical (unpaired) electrons. The van der Waals surface area contributed by atoms with E-state index >= 15 is 0 Å². The minimum atomic E-state index is -0.365. The maximum atomic E-state index is 12.5. The minimum Gasteiger partial charge on any atom is -0.366 e. The molecule has 148 valence electrons. The zero-order valence-corrected chi connectivity index (χ0v) is 16.7. The molecule has 1 saturated heterocycles. The van der Waals surface area contributed by atoms with Gasteiger partial charge in [0, 0.05) is 41.7 Å². The highest BCUT2D eigenvalue weighted by atomic mass is 35.5. The zero-order valence-electron chi connectivity index (χ0n) is 15.2. The molecular formula is C20H21Cl2N3O3. The molecule has 0 saturated carbocycles. The van der Waals surface area contributed by atoms with E-state index < -0.39 is 0 Å². The van der Waals surface area contributed by atoms with E-state index in [0.29, 0.717) is 54.6 Å². The zero-order chi connectivity index (χ0) is 20.1. The summed E-state index contributed by atoms with van der Waals surface area (Å²) in [6, 6.07) is 12.1. The van der Waals surface area contributed by atoms with Crippen LogP contribution in [0.1, 0.15) is 18.4 Å². The highest BCUT2D eigenvalue weighted by Crippen LogP contribution is 2.31. The number of halogens is 2. The standard InChI is InChI=1S/C20H21Cl2N3O3/c21-16-6-5-14(17(22)13-16)7-10-23-20(26)15-8-11-24(12-9-15)18-3-1-2-4-19(18)25(27)28/h1-6,13,15H,7-12H2,(H,23,26). The van der Waals surface area contributed by atoms with Gasteiger partial charge in [0.15, 0.2) is 0 Å². The quantitative estimate of drug-likeness (QED) is 0.550. The van der Waals surface area contributed by atoms with Crippen molar-refractivity contribution in [3.8, 4) is 0 Å². The fourth-order valence-electron chi connectivity index (χ4n) is 3.46. The Balaban J connectivity index is 1.49. The van der Waals surface area contributed by atoms with Crippen molar-refractivity contribution in [2.24, 2.45) is 5.92 Å². The molecule has 0 bridgehead atoms. The van der Waals surface area contributed by atoms with Crippen LogP contribution in [0.15, 0.2) is 42.5 Å². The van der Waals surface area contributed by atoms with Crippen LogP contribution in [-0.2, 0) is 11.2 Å². The van der Waals surface area contributed by atoms with Crippen molar-refractivity contribution in [3.05, 3.63) is 68.2 Å². The van der Waals surface area contributed by atoms with Crippen molar-refractivity contribution >= 4 is 40.5 Å². The van der Waals surface area contributed by atoms with Gasteiger partial charge in [0.2, 0.25) is 5.91 Å². The molecule has 1 fully saturated rings. The van der Waals surface area contributed by atoms with E-state index in [4.69, 9.17) is 23.2 Å². The van der Waals surface area contributed by atoms with Crippen LogP contribution in [-0.4, -0.2) is 30.5 Å². The number of benzene rings is 2. The number of nitrogens with zero attached hydrogens (tertiary/aromatic N) is 2. The Hall–Kier alpha value is -2.31. The summed E-state index contributed by atoms with van der Waals surface area (Å²) in [5.74, 6) is -0.0630. The second kappa shape index (κ2) is 9.26. The first kappa shape index (κ1) is 20.4. The Morgan fingerprint density at radius 1 is 1.18 bits per heavy atom. The molecule has 2 aromatic rings. The van der Waals surface area contributed by atoms with Gasteiger partial charge in [-0.15, -0.1) is 0 Å². The van der Waals surface area contributed by atoms with Crippen LogP contribution in [0, 0.1) is 16.0 Å². The number of piperidine rings is 1. The smallest absolute Gasteiger partial charge is 0.292 e. The van der Waals surface area contributed by atoms with Gasteiger partial charge in [-0.25, -0.2) is 0 Å². The van der Waals surface area contributed by atoms with E-state index in [1.807, 2.05) is 11.0 Å². The molecule has 8 heteroatoms. The molecule has 1 heterocycles. The molecule has 0 aliphatic carbocycles. The third kappa shape index (κ3) is 4.94. The molecule has 1 amide bonds. The molecule has 28 heavy (non-hydrogen) atoms. The van der Waals surface area contributed by atoms with Crippen molar-refractivity contribution in [3.63, 3.8) is 0 Å². The van der Waals surface area contributed by atoms with Gasteiger partial charge in [-0.2, -0.15) is 0 Å². The Morgan fingerprint density at radius 3 is 2.57 bits per heavy atom. The SMILES string of the molecule is O=C(NCCc1ccc(Cl)cc1Cl)C1CCN(c2ccccc2[N+](=O)[O-])CC1. The Morgan fingerprint density at radius 2 is 1.89 bits per heavy atom. The summed E-state index contributed by atoms with van der Waals surface area (Å²) in [6.45, 7) is 1.74. The Kier molecular flexibility index (Phi) is 6.75. The van der Waals surface area contributed by atoms with Crippen LogP contribution in [0.25, 0.3) is 0 Å². The van der Waals surface area contributed by atoms with Crippen molar-refractivity contribution in [1.82, 2.24) is 5.32 Å². The summed E-state index contributed by atoms with van der Waals surface area (Å²) < 4.78 is 0. The summed E-state index contributed by atoms with van der Waals surface area (Å²) in [5, 5.41) is 15.4. The van der Waals surface area contributed by atoms with Crippen LogP contribution in [0.4, 0.5) is 11.4 Å². The third-order valence-electron chi connectivity index (χ3n) is 4.99. The van der Waals surface area contributed by atoms with Crippen molar-refractivity contribution in [1.29, 1.82) is 0 Å². The van der Waals surface area contributed by atoms with Gasteiger partial charge in [0.1, 0.15) is 5.69 Å². The lowest BCUT2D eigenvalue weighted by atomic mass is 9.95. The average Bonchev–Trinajstić information content (AvgIpc) is 2.69. The lowest BCUT2D eigenvalue weighted by Gasteiger charge is -2.32. The number of nitro groups is 1. The van der Waals surface area contributed by atoms with Crippen LogP contribution >= 0.6 is 23.2 Å². The van der Waals surface area contributed by atoms with Crippen LogP contribution in [0.2, 0.25) is 10.0 Å². The summed E-state index contributed by atoms with van der Waals surface area (Å²) >= 11 is 12.0. The predicted molar refractivity (Wildman–Crippen MR) is 111 cm³/mol. The molecule has 1 aliphatic rings. The third-order valence-corrected chi connectivity index (χ3v) is 5.58. The molecule has 1 aliphatic heterocycles. The first-order valence-electron chi connectivity index (χ1n) is 9.15. The summed E-state index contributed by atoms with van der Waals surface area (Å²) in [7, 11) is 0. The fraction of sp³-hybridized carbons (Fsp3) is 0.350. The molecule has 0 aromatic heterocycles. The molecule has 0 atom stereocenters.